The van der Waals surface area contributed by atoms with Crippen LogP contribution in [-0.2, 0) is 0 Å². The molecule has 0 unspecified atom stereocenters. The second-order valence-electron chi connectivity index (χ2n) is 4.26. The molecular formula is C16H12N2O2. The average molecular weight is 264 g/mol. The second-order valence-corrected chi connectivity index (χ2v) is 4.26. The number of hydrogen-bond donors (Lipinski definition) is 1. The zero-order chi connectivity index (χ0) is 13.8. The molecule has 0 aliphatic heterocycles. The Kier molecular flexibility index (Phi) is 3.29. The highest BCUT2D eigenvalue weighted by atomic mass is 16.7. The summed E-state index contributed by atoms with van der Waals surface area (Å²) in [4.78, 5) is 21.4. The van der Waals surface area contributed by atoms with Crippen molar-refractivity contribution in [1.29, 1.82) is 0 Å². The molecule has 98 valence electrons. The number of carbonyl (C=O) groups is 1. The molecule has 0 bridgehead atoms. The van der Waals surface area contributed by atoms with E-state index < -0.39 is 0 Å². The van der Waals surface area contributed by atoms with Crippen molar-refractivity contribution in [3.63, 3.8) is 0 Å². The summed E-state index contributed by atoms with van der Waals surface area (Å²) in [7, 11) is 0. The summed E-state index contributed by atoms with van der Waals surface area (Å²) in [5.74, 6) is 0.257. The van der Waals surface area contributed by atoms with E-state index in [-0.39, 0.29) is 5.91 Å². The van der Waals surface area contributed by atoms with E-state index in [1.54, 1.807) is 42.6 Å². The van der Waals surface area contributed by atoms with Crippen molar-refractivity contribution in [2.45, 2.75) is 0 Å². The van der Waals surface area contributed by atoms with E-state index >= 15 is 0 Å². The van der Waals surface area contributed by atoms with E-state index in [4.69, 9.17) is 4.84 Å². The summed E-state index contributed by atoms with van der Waals surface area (Å²) in [5, 5.41) is 1.02. The Labute approximate surface area is 116 Å². The van der Waals surface area contributed by atoms with Crippen molar-refractivity contribution >= 4 is 16.8 Å². The number of nitrogens with zero attached hydrogens (tertiary/aromatic N) is 1. The minimum absolute atomic E-state index is 0.285. The zero-order valence-electron chi connectivity index (χ0n) is 10.6. The van der Waals surface area contributed by atoms with Gasteiger partial charge in [-0.15, -0.1) is 0 Å². The highest BCUT2D eigenvalue weighted by molar-refractivity contribution is 5.93. The van der Waals surface area contributed by atoms with Crippen molar-refractivity contribution in [3.05, 3.63) is 72.4 Å². The van der Waals surface area contributed by atoms with Gasteiger partial charge < -0.3 is 4.84 Å². The van der Waals surface area contributed by atoms with Crippen LogP contribution in [0.15, 0.2) is 66.9 Å². The van der Waals surface area contributed by atoms with Crippen LogP contribution in [0.5, 0.6) is 5.75 Å². The molecule has 3 rings (SSSR count). The molecular weight excluding hydrogens is 252 g/mol. The van der Waals surface area contributed by atoms with Gasteiger partial charge in [0.1, 0.15) is 0 Å². The Hall–Kier alpha value is -2.88. The van der Waals surface area contributed by atoms with E-state index in [1.807, 2.05) is 24.3 Å². The van der Waals surface area contributed by atoms with Crippen molar-refractivity contribution in [2.75, 3.05) is 0 Å². The first-order valence-corrected chi connectivity index (χ1v) is 6.20. The largest absolute Gasteiger partial charge is 0.379 e. The minimum Gasteiger partial charge on any atom is -0.379 e. The van der Waals surface area contributed by atoms with Gasteiger partial charge in [0.25, 0.3) is 5.91 Å². The molecule has 2 aromatic carbocycles. The van der Waals surface area contributed by atoms with Crippen LogP contribution in [0.1, 0.15) is 10.4 Å². The molecule has 1 aromatic heterocycles. The van der Waals surface area contributed by atoms with E-state index in [9.17, 15) is 4.79 Å². The number of benzene rings is 2. The normalized spacial score (nSPS) is 10.2. The molecule has 0 saturated heterocycles. The fourth-order valence-electron chi connectivity index (χ4n) is 1.86. The van der Waals surface area contributed by atoms with Gasteiger partial charge in [0, 0.05) is 23.2 Å². The van der Waals surface area contributed by atoms with Gasteiger partial charge in [-0.1, -0.05) is 24.3 Å². The number of pyridine rings is 1. The molecule has 4 nitrogen and oxygen atoms in total. The Morgan fingerprint density at radius 2 is 1.85 bits per heavy atom. The van der Waals surface area contributed by atoms with Gasteiger partial charge in [-0.05, 0) is 30.3 Å². The van der Waals surface area contributed by atoms with Crippen molar-refractivity contribution in [3.8, 4) is 5.75 Å². The highest BCUT2D eigenvalue weighted by Gasteiger charge is 2.05. The van der Waals surface area contributed by atoms with E-state index in [2.05, 4.69) is 10.5 Å². The summed E-state index contributed by atoms with van der Waals surface area (Å²) in [6.45, 7) is 0. The molecule has 0 aliphatic rings. The minimum atomic E-state index is -0.285. The second kappa shape index (κ2) is 5.40. The fourth-order valence-corrected chi connectivity index (χ4v) is 1.86. The lowest BCUT2D eigenvalue weighted by Crippen LogP contribution is -2.26. The maximum atomic E-state index is 11.8. The molecule has 3 aromatic rings. The van der Waals surface area contributed by atoms with Crippen molar-refractivity contribution in [2.24, 2.45) is 0 Å². The van der Waals surface area contributed by atoms with Crippen LogP contribution in [0, 0.1) is 0 Å². The maximum absolute atomic E-state index is 11.8. The van der Waals surface area contributed by atoms with E-state index in [1.165, 1.54) is 0 Å². The Morgan fingerprint density at radius 3 is 2.70 bits per heavy atom. The predicted molar refractivity (Wildman–Crippen MR) is 76.3 cm³/mol. The number of fused-ring (bicyclic) bond motifs is 1. The van der Waals surface area contributed by atoms with Gasteiger partial charge >= 0.3 is 0 Å². The van der Waals surface area contributed by atoms with Gasteiger partial charge in [0.05, 0.1) is 5.52 Å². The molecule has 0 spiro atoms. The molecule has 0 fully saturated rings. The van der Waals surface area contributed by atoms with Crippen LogP contribution in [0.3, 0.4) is 0 Å². The monoisotopic (exact) mass is 264 g/mol. The number of amides is 1. The third kappa shape index (κ3) is 2.59. The van der Waals surface area contributed by atoms with Gasteiger partial charge in [-0.25, -0.2) is 0 Å². The SMILES string of the molecule is O=C(NOc1ccc2cccnc2c1)c1ccccc1. The van der Waals surface area contributed by atoms with Crippen LogP contribution in [-0.4, -0.2) is 10.9 Å². The van der Waals surface area contributed by atoms with E-state index in [0.717, 1.165) is 10.9 Å². The average Bonchev–Trinajstić information content (AvgIpc) is 2.53. The van der Waals surface area contributed by atoms with Crippen molar-refractivity contribution < 1.29 is 9.63 Å². The first-order chi connectivity index (χ1) is 9.83. The number of hydrogen-bond acceptors (Lipinski definition) is 3. The quantitative estimate of drug-likeness (QED) is 0.740. The number of nitrogens with one attached hydrogen (secondary N) is 1. The smallest absolute Gasteiger partial charge is 0.283 e. The Morgan fingerprint density at radius 1 is 1.00 bits per heavy atom. The molecule has 0 aliphatic carbocycles. The van der Waals surface area contributed by atoms with E-state index in [0.29, 0.717) is 11.3 Å². The number of aromatic nitrogens is 1. The summed E-state index contributed by atoms with van der Waals surface area (Å²) in [6, 6.07) is 18.2. The summed E-state index contributed by atoms with van der Waals surface area (Å²) in [6.07, 6.45) is 1.72. The van der Waals surface area contributed by atoms with Crippen LogP contribution >= 0.6 is 0 Å². The molecule has 1 heterocycles. The molecule has 0 atom stereocenters. The summed E-state index contributed by atoms with van der Waals surface area (Å²) >= 11 is 0. The van der Waals surface area contributed by atoms with Gasteiger partial charge in [0.2, 0.25) is 0 Å². The lowest BCUT2D eigenvalue weighted by atomic mass is 10.2. The maximum Gasteiger partial charge on any atom is 0.283 e. The first-order valence-electron chi connectivity index (χ1n) is 6.20. The summed E-state index contributed by atoms with van der Waals surface area (Å²) < 4.78 is 0. The standard InChI is InChI=1S/C16H12N2O2/c19-16(13-5-2-1-3-6-13)18-20-14-9-8-12-7-4-10-17-15(12)11-14/h1-11H,(H,18,19). The molecule has 0 saturated carbocycles. The van der Waals surface area contributed by atoms with Crippen molar-refractivity contribution in [1.82, 2.24) is 10.5 Å². The third-order valence-corrected chi connectivity index (χ3v) is 2.87. The van der Waals surface area contributed by atoms with Gasteiger partial charge in [-0.2, -0.15) is 5.48 Å². The van der Waals surface area contributed by atoms with Crippen LogP contribution in [0.25, 0.3) is 10.9 Å². The number of carbonyl (C=O) groups excluding carboxylic acids is 1. The Balaban J connectivity index is 1.72. The first kappa shape index (κ1) is 12.2. The molecule has 0 radical (unpaired) electrons. The van der Waals surface area contributed by atoms with Gasteiger partial charge in [-0.3, -0.25) is 9.78 Å². The molecule has 4 heteroatoms. The fraction of sp³-hybridized carbons (Fsp3) is 0. The zero-order valence-corrected chi connectivity index (χ0v) is 10.6. The number of rotatable bonds is 3. The van der Waals surface area contributed by atoms with Crippen LogP contribution in [0.2, 0.25) is 0 Å². The predicted octanol–water partition coefficient (Wildman–Crippen LogP) is 2.96. The summed E-state index contributed by atoms with van der Waals surface area (Å²) in [5.41, 5.74) is 3.78. The number of hydroxylamine groups is 1. The lowest BCUT2D eigenvalue weighted by molar-refractivity contribution is 0.0760. The van der Waals surface area contributed by atoms with Crippen LogP contribution < -0.4 is 10.3 Å². The highest BCUT2D eigenvalue weighted by Crippen LogP contribution is 2.18. The van der Waals surface area contributed by atoms with Crippen LogP contribution in [0.4, 0.5) is 0 Å². The van der Waals surface area contributed by atoms with Gasteiger partial charge in [0.15, 0.2) is 5.75 Å². The molecule has 1 N–H and O–H groups in total. The topological polar surface area (TPSA) is 51.2 Å². The third-order valence-electron chi connectivity index (χ3n) is 2.87. The lowest BCUT2D eigenvalue weighted by Gasteiger charge is -2.07. The Bertz CT molecular complexity index is 742. The molecule has 1 amide bonds. The molecule has 20 heavy (non-hydrogen) atoms.